The molecule has 2 aromatic carbocycles. The second-order valence-corrected chi connectivity index (χ2v) is 6.69. The second-order valence-electron chi connectivity index (χ2n) is 6.69. The highest BCUT2D eigenvalue weighted by molar-refractivity contribution is 5.91. The first kappa shape index (κ1) is 19.4. The van der Waals surface area contributed by atoms with Crippen LogP contribution in [0.25, 0.3) is 11.8 Å². The van der Waals surface area contributed by atoms with Gasteiger partial charge in [0.25, 0.3) is 0 Å². The van der Waals surface area contributed by atoms with Gasteiger partial charge in [-0.2, -0.15) is 0 Å². The molecule has 3 aromatic rings. The maximum Gasteiger partial charge on any atom is 0.244 e. The molecule has 28 heavy (non-hydrogen) atoms. The molecular weight excluding hydrogens is 350 g/mol. The van der Waals surface area contributed by atoms with Crippen molar-refractivity contribution in [3.63, 3.8) is 0 Å². The Morgan fingerprint density at radius 1 is 1.18 bits per heavy atom. The minimum atomic E-state index is -0.0825. The van der Waals surface area contributed by atoms with Crippen molar-refractivity contribution in [2.45, 2.75) is 25.8 Å². The number of imidazole rings is 1. The van der Waals surface area contributed by atoms with Gasteiger partial charge in [-0.05, 0) is 61.2 Å². The largest absolute Gasteiger partial charge is 0.497 e. The summed E-state index contributed by atoms with van der Waals surface area (Å²) in [5.74, 6) is 0.772. The van der Waals surface area contributed by atoms with Gasteiger partial charge in [0.2, 0.25) is 5.91 Å². The first-order valence-electron chi connectivity index (χ1n) is 9.34. The van der Waals surface area contributed by atoms with Crippen LogP contribution in [0.3, 0.4) is 0 Å². The van der Waals surface area contributed by atoms with Crippen LogP contribution in [0.4, 0.5) is 0 Å². The molecule has 0 fully saturated rings. The fourth-order valence-electron chi connectivity index (χ4n) is 2.88. The number of aryl methyl sites for hydroxylation is 1. The molecule has 0 spiro atoms. The van der Waals surface area contributed by atoms with E-state index in [4.69, 9.17) is 4.74 Å². The number of ether oxygens (including phenoxy) is 1. The van der Waals surface area contributed by atoms with Crippen LogP contribution in [0.5, 0.6) is 5.75 Å². The van der Waals surface area contributed by atoms with Crippen molar-refractivity contribution in [1.29, 1.82) is 0 Å². The highest BCUT2D eigenvalue weighted by Gasteiger charge is 2.05. The van der Waals surface area contributed by atoms with Gasteiger partial charge >= 0.3 is 0 Å². The number of carbonyl (C=O) groups excluding carboxylic acids is 1. The van der Waals surface area contributed by atoms with Crippen LogP contribution < -0.4 is 10.1 Å². The topological polar surface area (TPSA) is 56.1 Å². The van der Waals surface area contributed by atoms with E-state index >= 15 is 0 Å². The van der Waals surface area contributed by atoms with E-state index in [-0.39, 0.29) is 11.9 Å². The van der Waals surface area contributed by atoms with Gasteiger partial charge in [-0.3, -0.25) is 4.79 Å². The summed E-state index contributed by atoms with van der Waals surface area (Å²) in [6.07, 6.45) is 10.6. The fourth-order valence-corrected chi connectivity index (χ4v) is 2.88. The highest BCUT2D eigenvalue weighted by Crippen LogP contribution is 2.13. The van der Waals surface area contributed by atoms with Gasteiger partial charge in [-0.15, -0.1) is 0 Å². The van der Waals surface area contributed by atoms with Crippen molar-refractivity contribution in [3.05, 3.63) is 84.5 Å². The zero-order valence-corrected chi connectivity index (χ0v) is 16.2. The molecule has 0 radical (unpaired) electrons. The quantitative estimate of drug-likeness (QED) is 0.605. The lowest BCUT2D eigenvalue weighted by Gasteiger charge is -2.12. The standard InChI is InChI=1S/C23H25N3O2/c1-18(3-4-19-7-12-22(28-2)13-8-19)25-23(27)14-9-20-5-10-21(11-6-20)26-16-15-24-17-26/h5-18H,3-4H2,1-2H3,(H,25,27)/b14-9+. The Labute approximate surface area is 165 Å². The van der Waals surface area contributed by atoms with E-state index in [0.717, 1.165) is 29.8 Å². The number of rotatable bonds is 8. The van der Waals surface area contributed by atoms with Crippen molar-refractivity contribution in [2.24, 2.45) is 0 Å². The number of aromatic nitrogens is 2. The van der Waals surface area contributed by atoms with Crippen LogP contribution in [0.2, 0.25) is 0 Å². The molecule has 144 valence electrons. The molecule has 0 aliphatic heterocycles. The summed E-state index contributed by atoms with van der Waals surface area (Å²) in [7, 11) is 1.66. The predicted octanol–water partition coefficient (Wildman–Crippen LogP) is 4.03. The van der Waals surface area contributed by atoms with E-state index in [1.807, 2.05) is 60.2 Å². The molecule has 0 saturated heterocycles. The minimum absolute atomic E-state index is 0.0825. The molecule has 3 rings (SSSR count). The number of carbonyl (C=O) groups is 1. The molecule has 1 amide bonds. The molecule has 1 aromatic heterocycles. The van der Waals surface area contributed by atoms with Crippen molar-refractivity contribution in [2.75, 3.05) is 7.11 Å². The van der Waals surface area contributed by atoms with Crippen LogP contribution in [0.15, 0.2) is 73.3 Å². The molecule has 5 nitrogen and oxygen atoms in total. The minimum Gasteiger partial charge on any atom is -0.497 e. The smallest absolute Gasteiger partial charge is 0.244 e. The van der Waals surface area contributed by atoms with Crippen LogP contribution in [0.1, 0.15) is 24.5 Å². The number of hydrogen-bond acceptors (Lipinski definition) is 3. The summed E-state index contributed by atoms with van der Waals surface area (Å²) < 4.78 is 7.10. The van der Waals surface area contributed by atoms with E-state index < -0.39 is 0 Å². The summed E-state index contributed by atoms with van der Waals surface area (Å²) >= 11 is 0. The molecule has 0 aliphatic rings. The van der Waals surface area contributed by atoms with E-state index in [2.05, 4.69) is 22.4 Å². The van der Waals surface area contributed by atoms with Crippen molar-refractivity contribution >= 4 is 12.0 Å². The van der Waals surface area contributed by atoms with Gasteiger partial charge in [0, 0.05) is 30.2 Å². The van der Waals surface area contributed by atoms with Crippen molar-refractivity contribution in [1.82, 2.24) is 14.9 Å². The van der Waals surface area contributed by atoms with Crippen LogP contribution in [-0.2, 0) is 11.2 Å². The third kappa shape index (κ3) is 5.58. The zero-order chi connectivity index (χ0) is 19.8. The lowest BCUT2D eigenvalue weighted by atomic mass is 10.1. The summed E-state index contributed by atoms with van der Waals surface area (Å²) in [6, 6.07) is 16.1. The van der Waals surface area contributed by atoms with Gasteiger partial charge in [-0.1, -0.05) is 24.3 Å². The lowest BCUT2D eigenvalue weighted by molar-refractivity contribution is -0.117. The monoisotopic (exact) mass is 375 g/mol. The van der Waals surface area contributed by atoms with Gasteiger partial charge in [0.15, 0.2) is 0 Å². The van der Waals surface area contributed by atoms with Gasteiger partial charge in [-0.25, -0.2) is 4.98 Å². The Balaban J connectivity index is 1.46. The van der Waals surface area contributed by atoms with E-state index in [9.17, 15) is 4.79 Å². The number of nitrogens with zero attached hydrogens (tertiary/aromatic N) is 2. The molecule has 5 heteroatoms. The normalized spacial score (nSPS) is 12.1. The number of hydrogen-bond donors (Lipinski definition) is 1. The molecule has 0 saturated carbocycles. The number of nitrogens with one attached hydrogen (secondary N) is 1. The molecule has 0 aliphatic carbocycles. The van der Waals surface area contributed by atoms with Crippen molar-refractivity contribution < 1.29 is 9.53 Å². The number of amides is 1. The number of benzene rings is 2. The summed E-state index contributed by atoms with van der Waals surface area (Å²) in [6.45, 7) is 2.02. The van der Waals surface area contributed by atoms with Crippen LogP contribution in [-0.4, -0.2) is 28.6 Å². The zero-order valence-electron chi connectivity index (χ0n) is 16.2. The van der Waals surface area contributed by atoms with Crippen molar-refractivity contribution in [3.8, 4) is 11.4 Å². The summed E-state index contributed by atoms with van der Waals surface area (Å²) in [5.41, 5.74) is 3.24. The SMILES string of the molecule is COc1ccc(CCC(C)NC(=O)/C=C/c2ccc(-n3ccnc3)cc2)cc1. The Kier molecular flexibility index (Phi) is 6.63. The molecule has 1 unspecified atom stereocenters. The Morgan fingerprint density at radius 2 is 1.93 bits per heavy atom. The Hall–Kier alpha value is -3.34. The first-order valence-corrected chi connectivity index (χ1v) is 9.34. The van der Waals surface area contributed by atoms with Gasteiger partial charge < -0.3 is 14.6 Å². The first-order chi connectivity index (χ1) is 13.6. The van der Waals surface area contributed by atoms with Gasteiger partial charge in [0.1, 0.15) is 5.75 Å². The lowest BCUT2D eigenvalue weighted by Crippen LogP contribution is -2.31. The Bertz CT molecular complexity index is 898. The van der Waals surface area contributed by atoms with Crippen LogP contribution >= 0.6 is 0 Å². The third-order valence-corrected chi connectivity index (χ3v) is 4.54. The second kappa shape index (κ2) is 9.55. The average molecular weight is 375 g/mol. The average Bonchev–Trinajstić information content (AvgIpc) is 3.26. The van der Waals surface area contributed by atoms with E-state index in [0.29, 0.717) is 0 Å². The maximum absolute atomic E-state index is 12.1. The maximum atomic E-state index is 12.1. The molecule has 1 heterocycles. The fraction of sp³-hybridized carbons (Fsp3) is 0.217. The highest BCUT2D eigenvalue weighted by atomic mass is 16.5. The van der Waals surface area contributed by atoms with Gasteiger partial charge in [0.05, 0.1) is 13.4 Å². The van der Waals surface area contributed by atoms with E-state index in [1.54, 1.807) is 25.7 Å². The van der Waals surface area contributed by atoms with E-state index in [1.165, 1.54) is 5.56 Å². The van der Waals surface area contributed by atoms with Crippen LogP contribution in [0, 0.1) is 0 Å². The summed E-state index contributed by atoms with van der Waals surface area (Å²) in [5, 5.41) is 3.01. The molecule has 1 N–H and O–H groups in total. The predicted molar refractivity (Wildman–Crippen MR) is 112 cm³/mol. The number of methoxy groups -OCH3 is 1. The molecule has 0 bridgehead atoms. The summed E-state index contributed by atoms with van der Waals surface area (Å²) in [4.78, 5) is 16.2. The molecular formula is C23H25N3O2. The Morgan fingerprint density at radius 3 is 2.57 bits per heavy atom. The third-order valence-electron chi connectivity index (χ3n) is 4.54. The molecule has 1 atom stereocenters.